The summed E-state index contributed by atoms with van der Waals surface area (Å²) in [6, 6.07) is 7.96. The highest BCUT2D eigenvalue weighted by Gasteiger charge is 2.25. The molecule has 2 aromatic rings. The van der Waals surface area contributed by atoms with Crippen LogP contribution in [0.25, 0.3) is 0 Å². The topological polar surface area (TPSA) is 58.1 Å². The van der Waals surface area contributed by atoms with Gasteiger partial charge in [0, 0.05) is 31.1 Å². The van der Waals surface area contributed by atoms with Gasteiger partial charge in [-0.05, 0) is 73.7 Å². The van der Waals surface area contributed by atoms with Gasteiger partial charge >= 0.3 is 0 Å². The molecule has 138 valence electrons. The van der Waals surface area contributed by atoms with Crippen molar-refractivity contribution in [2.24, 2.45) is 11.8 Å². The van der Waals surface area contributed by atoms with Crippen LogP contribution in [0.4, 0.5) is 5.82 Å². The number of hydrogen-bond acceptors (Lipinski definition) is 4. The Kier molecular flexibility index (Phi) is 6.34. The Hall–Kier alpha value is -2.27. The first-order valence-electron chi connectivity index (χ1n) is 9.47. The van der Waals surface area contributed by atoms with Gasteiger partial charge in [0.25, 0.3) is 0 Å². The summed E-state index contributed by atoms with van der Waals surface area (Å²) in [6.45, 7) is 7.61. The highest BCUT2D eigenvalue weighted by molar-refractivity contribution is 5.91. The molecule has 2 aromatic heterocycles. The molecule has 1 fully saturated rings. The first-order valence-corrected chi connectivity index (χ1v) is 9.47. The van der Waals surface area contributed by atoms with E-state index in [0.29, 0.717) is 11.7 Å². The van der Waals surface area contributed by atoms with Crippen LogP contribution in [0.2, 0.25) is 0 Å². The summed E-state index contributed by atoms with van der Waals surface area (Å²) in [5, 5.41) is 3.01. The van der Waals surface area contributed by atoms with Gasteiger partial charge in [-0.3, -0.25) is 9.78 Å². The second-order valence-electron chi connectivity index (χ2n) is 7.54. The molecule has 5 nitrogen and oxygen atoms in total. The Morgan fingerprint density at radius 3 is 2.54 bits per heavy atom. The van der Waals surface area contributed by atoms with Crippen LogP contribution in [-0.4, -0.2) is 40.4 Å². The number of rotatable bonds is 6. The average molecular weight is 352 g/mol. The zero-order chi connectivity index (χ0) is 18.4. The highest BCUT2D eigenvalue weighted by atomic mass is 16.1. The van der Waals surface area contributed by atoms with Gasteiger partial charge in [-0.2, -0.15) is 0 Å². The van der Waals surface area contributed by atoms with Gasteiger partial charge in [0.05, 0.1) is 0 Å². The van der Waals surface area contributed by atoms with Crippen LogP contribution in [0.15, 0.2) is 42.9 Å². The third-order valence-electron chi connectivity index (χ3n) is 4.81. The van der Waals surface area contributed by atoms with Crippen LogP contribution in [0, 0.1) is 11.8 Å². The summed E-state index contributed by atoms with van der Waals surface area (Å²) in [4.78, 5) is 23.4. The maximum absolute atomic E-state index is 12.6. The van der Waals surface area contributed by atoms with Crippen LogP contribution in [0.1, 0.15) is 37.8 Å². The standard InChI is InChI=1S/C21H28N4O/c1-16(2)15-25-11-6-19(7-12-25)21(26)24-20-14-18(5-10-23-20)13-17-3-8-22-9-4-17/h3-5,8-10,14,16,19H,6-7,11-13,15H2,1-2H3,(H,23,24,26). The Morgan fingerprint density at radius 1 is 1.15 bits per heavy atom. The molecule has 0 aliphatic carbocycles. The van der Waals surface area contributed by atoms with Crippen LogP contribution < -0.4 is 5.32 Å². The van der Waals surface area contributed by atoms with Crippen molar-refractivity contribution in [2.75, 3.05) is 25.0 Å². The molecule has 1 N–H and O–H groups in total. The molecule has 3 heterocycles. The normalized spacial score (nSPS) is 16.0. The van der Waals surface area contributed by atoms with Crippen molar-refractivity contribution >= 4 is 11.7 Å². The van der Waals surface area contributed by atoms with Gasteiger partial charge in [-0.25, -0.2) is 4.98 Å². The van der Waals surface area contributed by atoms with Crippen LogP contribution in [0.5, 0.6) is 0 Å². The van der Waals surface area contributed by atoms with Crippen molar-refractivity contribution in [1.29, 1.82) is 0 Å². The summed E-state index contributed by atoms with van der Waals surface area (Å²) < 4.78 is 0. The molecule has 1 aliphatic rings. The van der Waals surface area contributed by atoms with E-state index in [2.05, 4.69) is 34.0 Å². The maximum atomic E-state index is 12.6. The van der Waals surface area contributed by atoms with E-state index in [-0.39, 0.29) is 11.8 Å². The number of hydrogen-bond donors (Lipinski definition) is 1. The second kappa shape index (κ2) is 8.90. The van der Waals surface area contributed by atoms with Crippen LogP contribution in [0.3, 0.4) is 0 Å². The fourth-order valence-corrected chi connectivity index (χ4v) is 3.51. The fourth-order valence-electron chi connectivity index (χ4n) is 3.51. The van der Waals surface area contributed by atoms with E-state index in [0.717, 1.165) is 44.5 Å². The fraction of sp³-hybridized carbons (Fsp3) is 0.476. The van der Waals surface area contributed by atoms with E-state index >= 15 is 0 Å². The number of piperidine rings is 1. The molecule has 1 aliphatic heterocycles. The third-order valence-corrected chi connectivity index (χ3v) is 4.81. The number of carbonyl (C=O) groups excluding carboxylic acids is 1. The number of anilines is 1. The number of pyridine rings is 2. The molecule has 0 aromatic carbocycles. The van der Waals surface area contributed by atoms with Crippen molar-refractivity contribution in [2.45, 2.75) is 33.1 Å². The lowest BCUT2D eigenvalue weighted by Crippen LogP contribution is -2.39. The molecule has 3 rings (SSSR count). The van der Waals surface area contributed by atoms with Gasteiger partial charge in [0.15, 0.2) is 0 Å². The van der Waals surface area contributed by atoms with Gasteiger partial charge in [-0.1, -0.05) is 13.8 Å². The molecule has 26 heavy (non-hydrogen) atoms. The van der Waals surface area contributed by atoms with E-state index in [1.165, 1.54) is 5.56 Å². The summed E-state index contributed by atoms with van der Waals surface area (Å²) >= 11 is 0. The molecule has 1 amide bonds. The van der Waals surface area contributed by atoms with Crippen molar-refractivity contribution in [3.05, 3.63) is 54.0 Å². The number of carbonyl (C=O) groups is 1. The first-order chi connectivity index (χ1) is 12.6. The predicted molar refractivity (Wildman–Crippen MR) is 104 cm³/mol. The van der Waals surface area contributed by atoms with Gasteiger partial charge in [0.1, 0.15) is 5.82 Å². The van der Waals surface area contributed by atoms with Gasteiger partial charge in [-0.15, -0.1) is 0 Å². The summed E-state index contributed by atoms with van der Waals surface area (Å²) in [7, 11) is 0. The molecule has 0 bridgehead atoms. The number of amides is 1. The summed E-state index contributed by atoms with van der Waals surface area (Å²) in [5.41, 5.74) is 2.33. The number of nitrogens with zero attached hydrogens (tertiary/aromatic N) is 3. The van der Waals surface area contributed by atoms with E-state index in [1.807, 2.05) is 24.3 Å². The molecule has 0 unspecified atom stereocenters. The quantitative estimate of drug-likeness (QED) is 0.866. The minimum atomic E-state index is 0.0871. The van der Waals surface area contributed by atoms with Crippen LogP contribution in [-0.2, 0) is 11.2 Å². The number of likely N-dealkylation sites (tertiary alicyclic amines) is 1. The monoisotopic (exact) mass is 352 g/mol. The summed E-state index contributed by atoms with van der Waals surface area (Å²) in [5.74, 6) is 1.51. The van der Waals surface area contributed by atoms with Crippen LogP contribution >= 0.6 is 0 Å². The predicted octanol–water partition coefficient (Wildman–Crippen LogP) is 3.37. The van der Waals surface area contributed by atoms with Crippen molar-refractivity contribution in [3.63, 3.8) is 0 Å². The van der Waals surface area contributed by atoms with E-state index in [1.54, 1.807) is 18.6 Å². The average Bonchev–Trinajstić information content (AvgIpc) is 2.63. The number of nitrogens with one attached hydrogen (secondary N) is 1. The van der Waals surface area contributed by atoms with E-state index < -0.39 is 0 Å². The largest absolute Gasteiger partial charge is 0.310 e. The lowest BCUT2D eigenvalue weighted by atomic mass is 9.95. The van der Waals surface area contributed by atoms with E-state index in [4.69, 9.17) is 0 Å². The van der Waals surface area contributed by atoms with Crippen molar-refractivity contribution < 1.29 is 4.79 Å². The zero-order valence-electron chi connectivity index (χ0n) is 15.7. The van der Waals surface area contributed by atoms with Crippen molar-refractivity contribution in [3.8, 4) is 0 Å². The second-order valence-corrected chi connectivity index (χ2v) is 7.54. The third kappa shape index (κ3) is 5.36. The van der Waals surface area contributed by atoms with Crippen molar-refractivity contribution in [1.82, 2.24) is 14.9 Å². The Morgan fingerprint density at radius 2 is 1.85 bits per heavy atom. The molecule has 0 spiro atoms. The molecule has 0 atom stereocenters. The molecular formula is C21H28N4O. The Bertz CT molecular complexity index is 709. The smallest absolute Gasteiger partial charge is 0.228 e. The highest BCUT2D eigenvalue weighted by Crippen LogP contribution is 2.20. The minimum absolute atomic E-state index is 0.0871. The molecular weight excluding hydrogens is 324 g/mol. The Labute approximate surface area is 155 Å². The SMILES string of the molecule is CC(C)CN1CCC(C(=O)Nc2cc(Cc3ccncc3)ccn2)CC1. The number of aromatic nitrogens is 2. The lowest BCUT2D eigenvalue weighted by molar-refractivity contribution is -0.121. The molecule has 0 saturated carbocycles. The molecule has 5 heteroatoms. The van der Waals surface area contributed by atoms with Gasteiger partial charge in [0.2, 0.25) is 5.91 Å². The molecule has 0 radical (unpaired) electrons. The summed E-state index contributed by atoms with van der Waals surface area (Å²) in [6.07, 6.45) is 8.01. The maximum Gasteiger partial charge on any atom is 0.228 e. The lowest BCUT2D eigenvalue weighted by Gasteiger charge is -2.32. The first kappa shape index (κ1) is 18.5. The minimum Gasteiger partial charge on any atom is -0.310 e. The van der Waals surface area contributed by atoms with Gasteiger partial charge < -0.3 is 10.2 Å². The van der Waals surface area contributed by atoms with E-state index in [9.17, 15) is 4.79 Å². The Balaban J connectivity index is 1.54. The zero-order valence-corrected chi connectivity index (χ0v) is 15.7. The molecule has 1 saturated heterocycles.